The molecule has 7 nitrogen and oxygen atoms in total. The third kappa shape index (κ3) is 4.06. The molecule has 0 saturated carbocycles. The van der Waals surface area contributed by atoms with Crippen molar-refractivity contribution >= 4 is 5.91 Å². The molecule has 2 heterocycles. The highest BCUT2D eigenvalue weighted by molar-refractivity contribution is 5.94. The fourth-order valence-electron chi connectivity index (χ4n) is 4.32. The van der Waals surface area contributed by atoms with Crippen LogP contribution in [-0.4, -0.2) is 25.9 Å². The van der Waals surface area contributed by atoms with Gasteiger partial charge in [-0.25, -0.2) is 4.68 Å². The molecule has 7 heteroatoms. The van der Waals surface area contributed by atoms with Crippen LogP contribution in [0.5, 0.6) is 0 Å². The van der Waals surface area contributed by atoms with Gasteiger partial charge in [-0.15, -0.1) is 10.2 Å². The van der Waals surface area contributed by atoms with Gasteiger partial charge in [-0.2, -0.15) is 5.10 Å². The van der Waals surface area contributed by atoms with Gasteiger partial charge in [-0.3, -0.25) is 4.79 Å². The van der Waals surface area contributed by atoms with E-state index in [1.165, 1.54) is 11.1 Å². The molecule has 2 aromatic carbocycles. The van der Waals surface area contributed by atoms with Gasteiger partial charge in [-0.1, -0.05) is 45.0 Å². The van der Waals surface area contributed by atoms with Crippen LogP contribution in [0.15, 0.2) is 59.0 Å². The molecule has 168 valence electrons. The van der Waals surface area contributed by atoms with E-state index in [0.717, 1.165) is 24.2 Å². The average Bonchev–Trinajstić information content (AvgIpc) is 3.52. The van der Waals surface area contributed by atoms with Crippen molar-refractivity contribution in [3.63, 3.8) is 0 Å². The highest BCUT2D eigenvalue weighted by Gasteiger charge is 2.25. The summed E-state index contributed by atoms with van der Waals surface area (Å²) in [5.41, 5.74) is 5.50. The first-order chi connectivity index (χ1) is 15.8. The summed E-state index contributed by atoms with van der Waals surface area (Å²) < 4.78 is 7.45. The highest BCUT2D eigenvalue weighted by atomic mass is 16.4. The second kappa shape index (κ2) is 7.99. The largest absolute Gasteiger partial charge is 0.420 e. The summed E-state index contributed by atoms with van der Waals surface area (Å²) in [5.74, 6) is 0.823. The van der Waals surface area contributed by atoms with Gasteiger partial charge >= 0.3 is 0 Å². The van der Waals surface area contributed by atoms with Crippen LogP contribution in [0.2, 0.25) is 0 Å². The SMILES string of the molecule is Cc1nnc(-c2cc(C(C)(C)C)n(-c3ccc(C(=O)N[C@H]4CCc5ccccc54)cc3)n2)o1. The number of nitrogens with one attached hydrogen (secondary N) is 1. The Labute approximate surface area is 192 Å². The molecule has 0 aliphatic heterocycles. The standard InChI is InChI=1S/C26H27N5O2/c1-16-28-29-25(33-16)22-15-23(26(2,3)4)31(30-22)19-12-9-18(10-13-19)24(32)27-21-14-11-17-7-5-6-8-20(17)21/h5-10,12-13,15,21H,11,14H2,1-4H3,(H,27,32)/t21-/m0/s1. The van der Waals surface area contributed by atoms with Gasteiger partial charge in [0.2, 0.25) is 5.89 Å². The zero-order valence-electron chi connectivity index (χ0n) is 19.3. The van der Waals surface area contributed by atoms with Crippen LogP contribution >= 0.6 is 0 Å². The number of aryl methyl sites for hydroxylation is 2. The smallest absolute Gasteiger partial charge is 0.268 e. The topological polar surface area (TPSA) is 85.8 Å². The second-order valence-corrected chi connectivity index (χ2v) is 9.51. The Morgan fingerprint density at radius 1 is 1.09 bits per heavy atom. The lowest BCUT2D eigenvalue weighted by Crippen LogP contribution is -2.27. The first-order valence-corrected chi connectivity index (χ1v) is 11.2. The maximum atomic E-state index is 12.9. The fourth-order valence-corrected chi connectivity index (χ4v) is 4.32. The molecule has 0 unspecified atom stereocenters. The molecule has 1 aliphatic rings. The zero-order chi connectivity index (χ0) is 23.2. The Morgan fingerprint density at radius 2 is 1.85 bits per heavy atom. The quantitative estimate of drug-likeness (QED) is 0.484. The van der Waals surface area contributed by atoms with E-state index in [-0.39, 0.29) is 17.4 Å². The van der Waals surface area contributed by atoms with Gasteiger partial charge in [0.05, 0.1) is 17.4 Å². The van der Waals surface area contributed by atoms with Crippen LogP contribution < -0.4 is 5.32 Å². The Morgan fingerprint density at radius 3 is 2.55 bits per heavy atom. The van der Waals surface area contributed by atoms with Crippen LogP contribution in [0, 0.1) is 6.92 Å². The lowest BCUT2D eigenvalue weighted by atomic mass is 9.91. The van der Waals surface area contributed by atoms with Gasteiger partial charge in [0.25, 0.3) is 11.8 Å². The van der Waals surface area contributed by atoms with E-state index in [2.05, 4.69) is 48.4 Å². The third-order valence-electron chi connectivity index (χ3n) is 6.04. The van der Waals surface area contributed by atoms with Crippen molar-refractivity contribution in [3.05, 3.63) is 82.9 Å². The number of hydrogen-bond acceptors (Lipinski definition) is 5. The third-order valence-corrected chi connectivity index (χ3v) is 6.04. The maximum absolute atomic E-state index is 12.9. The molecule has 0 radical (unpaired) electrons. The Hall–Kier alpha value is -3.74. The van der Waals surface area contributed by atoms with E-state index in [4.69, 9.17) is 9.52 Å². The number of fused-ring (bicyclic) bond motifs is 1. The molecule has 1 N–H and O–H groups in total. The summed E-state index contributed by atoms with van der Waals surface area (Å²) >= 11 is 0. The monoisotopic (exact) mass is 441 g/mol. The Bertz CT molecular complexity index is 1310. The average molecular weight is 442 g/mol. The molecule has 1 amide bonds. The summed E-state index contributed by atoms with van der Waals surface area (Å²) in [6.45, 7) is 8.14. The second-order valence-electron chi connectivity index (χ2n) is 9.51. The number of hydrogen-bond donors (Lipinski definition) is 1. The molecule has 0 fully saturated rings. The van der Waals surface area contributed by atoms with Gasteiger partial charge in [0.1, 0.15) is 5.69 Å². The molecule has 0 bridgehead atoms. The molecule has 1 atom stereocenters. The van der Waals surface area contributed by atoms with Crippen molar-refractivity contribution in [2.24, 2.45) is 0 Å². The van der Waals surface area contributed by atoms with Crippen molar-refractivity contribution in [1.29, 1.82) is 0 Å². The summed E-state index contributed by atoms with van der Waals surface area (Å²) in [5, 5.41) is 15.9. The van der Waals surface area contributed by atoms with Gasteiger partial charge < -0.3 is 9.73 Å². The first kappa shape index (κ1) is 21.1. The van der Waals surface area contributed by atoms with Crippen molar-refractivity contribution in [2.45, 2.75) is 52.0 Å². The number of carbonyl (C=O) groups excluding carboxylic acids is 1. The van der Waals surface area contributed by atoms with E-state index in [1.54, 1.807) is 6.92 Å². The summed E-state index contributed by atoms with van der Waals surface area (Å²) in [7, 11) is 0. The van der Waals surface area contributed by atoms with Gasteiger partial charge in [-0.05, 0) is 54.3 Å². The zero-order valence-corrected chi connectivity index (χ0v) is 19.3. The van der Waals surface area contributed by atoms with Crippen molar-refractivity contribution in [3.8, 4) is 17.3 Å². The fraction of sp³-hybridized carbons (Fsp3) is 0.308. The first-order valence-electron chi connectivity index (χ1n) is 11.2. The lowest BCUT2D eigenvalue weighted by Gasteiger charge is -2.20. The molecular weight excluding hydrogens is 414 g/mol. The molecule has 0 saturated heterocycles. The number of carbonyl (C=O) groups is 1. The normalized spacial score (nSPS) is 15.5. The van der Waals surface area contributed by atoms with Crippen molar-refractivity contribution < 1.29 is 9.21 Å². The minimum Gasteiger partial charge on any atom is -0.420 e. The van der Waals surface area contributed by atoms with Crippen LogP contribution in [0.1, 0.15) is 66.3 Å². The van der Waals surface area contributed by atoms with E-state index < -0.39 is 0 Å². The van der Waals surface area contributed by atoms with Crippen LogP contribution in [0.25, 0.3) is 17.3 Å². The molecule has 1 aliphatic carbocycles. The molecule has 33 heavy (non-hydrogen) atoms. The predicted molar refractivity (Wildman–Crippen MR) is 125 cm³/mol. The lowest BCUT2D eigenvalue weighted by molar-refractivity contribution is 0.0936. The highest BCUT2D eigenvalue weighted by Crippen LogP contribution is 2.32. The number of nitrogens with zero attached hydrogens (tertiary/aromatic N) is 4. The van der Waals surface area contributed by atoms with Crippen molar-refractivity contribution in [2.75, 3.05) is 0 Å². The number of rotatable bonds is 4. The van der Waals surface area contributed by atoms with Gasteiger partial charge in [0.15, 0.2) is 0 Å². The minimum atomic E-state index is -0.160. The summed E-state index contributed by atoms with van der Waals surface area (Å²) in [4.78, 5) is 12.9. The van der Waals surface area contributed by atoms with E-state index >= 15 is 0 Å². The Balaban J connectivity index is 1.40. The van der Waals surface area contributed by atoms with Crippen LogP contribution in [-0.2, 0) is 11.8 Å². The predicted octanol–water partition coefficient (Wildman–Crippen LogP) is 4.95. The van der Waals surface area contributed by atoms with E-state index in [1.807, 2.05) is 47.1 Å². The molecular formula is C26H27N5O2. The molecule has 0 spiro atoms. The minimum absolute atomic E-state index is 0.0624. The van der Waals surface area contributed by atoms with Crippen LogP contribution in [0.3, 0.4) is 0 Å². The van der Waals surface area contributed by atoms with E-state index in [9.17, 15) is 4.79 Å². The number of aromatic nitrogens is 4. The van der Waals surface area contributed by atoms with Crippen molar-refractivity contribution in [1.82, 2.24) is 25.3 Å². The van der Waals surface area contributed by atoms with Crippen LogP contribution in [0.4, 0.5) is 0 Å². The number of benzene rings is 2. The summed E-state index contributed by atoms with van der Waals surface area (Å²) in [6, 6.07) is 17.9. The Kier molecular flexibility index (Phi) is 5.12. The molecule has 5 rings (SSSR count). The van der Waals surface area contributed by atoms with Gasteiger partial charge in [0, 0.05) is 17.9 Å². The molecule has 4 aromatic rings. The summed E-state index contributed by atoms with van der Waals surface area (Å²) in [6.07, 6.45) is 1.93. The maximum Gasteiger partial charge on any atom is 0.268 e. The molecule has 2 aromatic heterocycles. The van der Waals surface area contributed by atoms with E-state index in [0.29, 0.717) is 23.0 Å². The number of amides is 1.